The number of hydrogen-bond acceptors (Lipinski definition) is 4. The highest BCUT2D eigenvalue weighted by atomic mass is 28.3. The molecule has 1 rings (SSSR count). The third-order valence-corrected chi connectivity index (χ3v) is 5.80. The molecule has 1 atom stereocenters. The van der Waals surface area contributed by atoms with Gasteiger partial charge in [0.15, 0.2) is 0 Å². The molecule has 0 saturated carbocycles. The number of methoxy groups -OCH3 is 1. The number of carbonyl (C=O) groups excluding carboxylic acids is 1. The first-order chi connectivity index (χ1) is 8.77. The Bertz CT molecular complexity index is 302. The van der Waals surface area contributed by atoms with Crippen molar-refractivity contribution in [2.75, 3.05) is 26.7 Å². The smallest absolute Gasteiger partial charge is 0.306 e. The van der Waals surface area contributed by atoms with Gasteiger partial charge in [0.05, 0.1) is 22.3 Å². The van der Waals surface area contributed by atoms with Crippen LogP contribution < -0.4 is 0 Å². The molecule has 0 radical (unpaired) electrons. The van der Waals surface area contributed by atoms with E-state index in [0.717, 1.165) is 13.1 Å². The van der Waals surface area contributed by atoms with Crippen LogP contribution in [0.15, 0.2) is 0 Å². The van der Waals surface area contributed by atoms with E-state index in [0.29, 0.717) is 12.2 Å². The van der Waals surface area contributed by atoms with Crippen molar-refractivity contribution < 1.29 is 9.53 Å². The van der Waals surface area contributed by atoms with Crippen molar-refractivity contribution in [3.8, 4) is 0 Å². The van der Waals surface area contributed by atoms with Crippen LogP contribution in [0.2, 0.25) is 13.1 Å². The summed E-state index contributed by atoms with van der Waals surface area (Å²) >= 11 is 0. The molecule has 19 heavy (non-hydrogen) atoms. The third kappa shape index (κ3) is 4.58. The first kappa shape index (κ1) is 16.7. The van der Waals surface area contributed by atoms with Crippen molar-refractivity contribution in [1.29, 1.82) is 0 Å². The lowest BCUT2D eigenvalue weighted by atomic mass is 10.0. The standard InChI is InChI=1S/C14H30N2O2Si/c1-14(2,3)16-10-7-9-15(13(16)19(5)6)11-8-12(17)18-4/h13,19H,7-11H2,1-6H3. The van der Waals surface area contributed by atoms with Crippen LogP contribution >= 0.6 is 0 Å². The molecule has 1 saturated heterocycles. The van der Waals surface area contributed by atoms with Crippen LogP contribution in [0, 0.1) is 0 Å². The minimum atomic E-state index is -0.840. The first-order valence-electron chi connectivity index (χ1n) is 7.35. The van der Waals surface area contributed by atoms with E-state index in [9.17, 15) is 4.79 Å². The molecule has 1 aliphatic rings. The lowest BCUT2D eigenvalue weighted by Gasteiger charge is -2.51. The fraction of sp³-hybridized carbons (Fsp3) is 0.929. The van der Waals surface area contributed by atoms with Crippen molar-refractivity contribution in [1.82, 2.24) is 9.80 Å². The normalized spacial score (nSPS) is 22.8. The molecule has 1 aliphatic heterocycles. The molecule has 1 unspecified atom stereocenters. The quantitative estimate of drug-likeness (QED) is 0.582. The van der Waals surface area contributed by atoms with E-state index >= 15 is 0 Å². The van der Waals surface area contributed by atoms with Crippen molar-refractivity contribution in [3.63, 3.8) is 0 Å². The van der Waals surface area contributed by atoms with Gasteiger partial charge < -0.3 is 4.74 Å². The fourth-order valence-corrected chi connectivity index (χ4v) is 5.46. The zero-order valence-corrected chi connectivity index (χ0v) is 14.6. The summed E-state index contributed by atoms with van der Waals surface area (Å²) in [4.78, 5) is 16.5. The summed E-state index contributed by atoms with van der Waals surface area (Å²) in [6, 6.07) is 0. The Morgan fingerprint density at radius 2 is 1.95 bits per heavy atom. The number of hydrogen-bond donors (Lipinski definition) is 0. The number of esters is 1. The zero-order chi connectivity index (χ0) is 14.6. The Morgan fingerprint density at radius 1 is 1.32 bits per heavy atom. The summed E-state index contributed by atoms with van der Waals surface area (Å²) in [5.41, 5.74) is 0.200. The Hall–Kier alpha value is -0.393. The average molecular weight is 286 g/mol. The minimum absolute atomic E-state index is 0.0999. The predicted molar refractivity (Wildman–Crippen MR) is 81.9 cm³/mol. The Balaban J connectivity index is 2.75. The summed E-state index contributed by atoms with van der Waals surface area (Å²) in [6.45, 7) is 14.8. The van der Waals surface area contributed by atoms with Gasteiger partial charge in [-0.3, -0.25) is 14.6 Å². The van der Waals surface area contributed by atoms with E-state index in [1.54, 1.807) is 0 Å². The van der Waals surface area contributed by atoms with Gasteiger partial charge in [-0.1, -0.05) is 13.1 Å². The predicted octanol–water partition coefficient (Wildman–Crippen LogP) is 1.71. The molecule has 0 bridgehead atoms. The number of ether oxygens (including phenoxy) is 1. The Labute approximate surface area is 119 Å². The van der Waals surface area contributed by atoms with Gasteiger partial charge in [0.25, 0.3) is 0 Å². The lowest BCUT2D eigenvalue weighted by Crippen LogP contribution is -2.64. The van der Waals surface area contributed by atoms with Crippen LogP contribution in [0.1, 0.15) is 33.6 Å². The van der Waals surface area contributed by atoms with Gasteiger partial charge in [-0.25, -0.2) is 0 Å². The number of nitrogens with zero attached hydrogens (tertiary/aromatic N) is 2. The molecule has 0 aromatic rings. The second-order valence-electron chi connectivity index (χ2n) is 6.74. The maximum absolute atomic E-state index is 11.4. The molecule has 0 N–H and O–H groups in total. The van der Waals surface area contributed by atoms with Crippen molar-refractivity contribution >= 4 is 14.8 Å². The summed E-state index contributed by atoms with van der Waals surface area (Å²) in [5.74, 6) is 0.454. The molecular formula is C14H30N2O2Si. The van der Waals surface area contributed by atoms with Gasteiger partial charge in [-0.15, -0.1) is 0 Å². The molecule has 112 valence electrons. The van der Waals surface area contributed by atoms with E-state index in [1.165, 1.54) is 20.1 Å². The van der Waals surface area contributed by atoms with E-state index < -0.39 is 8.80 Å². The van der Waals surface area contributed by atoms with Gasteiger partial charge in [0.2, 0.25) is 0 Å². The van der Waals surface area contributed by atoms with E-state index in [-0.39, 0.29) is 11.5 Å². The molecule has 0 aromatic carbocycles. The molecular weight excluding hydrogens is 256 g/mol. The van der Waals surface area contributed by atoms with Gasteiger partial charge in [0.1, 0.15) is 0 Å². The molecule has 5 heteroatoms. The highest BCUT2D eigenvalue weighted by Crippen LogP contribution is 2.25. The molecule has 0 aliphatic carbocycles. The Kier molecular flexibility index (Phi) is 6.01. The van der Waals surface area contributed by atoms with E-state index in [1.807, 2.05) is 0 Å². The number of rotatable bonds is 4. The fourth-order valence-electron chi connectivity index (χ4n) is 3.00. The van der Waals surface area contributed by atoms with Crippen LogP contribution in [0.3, 0.4) is 0 Å². The molecule has 1 fully saturated rings. The Morgan fingerprint density at radius 3 is 2.42 bits per heavy atom. The maximum Gasteiger partial charge on any atom is 0.306 e. The minimum Gasteiger partial charge on any atom is -0.469 e. The molecule has 0 spiro atoms. The van der Waals surface area contributed by atoms with Crippen LogP contribution in [0.5, 0.6) is 0 Å². The summed E-state index contributed by atoms with van der Waals surface area (Å²) in [6.07, 6.45) is 1.70. The van der Waals surface area contributed by atoms with Crippen LogP contribution in [-0.2, 0) is 9.53 Å². The third-order valence-electron chi connectivity index (χ3n) is 3.83. The highest BCUT2D eigenvalue weighted by molar-refractivity contribution is 6.57. The number of carbonyl (C=O) groups is 1. The average Bonchev–Trinajstić information content (AvgIpc) is 2.34. The van der Waals surface area contributed by atoms with Gasteiger partial charge in [0, 0.05) is 31.0 Å². The molecule has 0 aromatic heterocycles. The lowest BCUT2D eigenvalue weighted by molar-refractivity contribution is -0.141. The van der Waals surface area contributed by atoms with Crippen LogP contribution in [-0.4, -0.2) is 62.6 Å². The SMILES string of the molecule is COC(=O)CCN1CCCN(C(C)(C)C)C1[SiH](C)C. The van der Waals surface area contributed by atoms with Crippen molar-refractivity contribution in [2.24, 2.45) is 0 Å². The van der Waals surface area contributed by atoms with Crippen LogP contribution in [0.4, 0.5) is 0 Å². The van der Waals surface area contributed by atoms with Gasteiger partial charge >= 0.3 is 5.97 Å². The van der Waals surface area contributed by atoms with Gasteiger partial charge in [-0.2, -0.15) is 0 Å². The van der Waals surface area contributed by atoms with E-state index in [2.05, 4.69) is 43.7 Å². The summed E-state index contributed by atoms with van der Waals surface area (Å²) < 4.78 is 4.76. The first-order valence-corrected chi connectivity index (χ1v) is 10.3. The second kappa shape index (κ2) is 6.86. The molecule has 0 amide bonds. The van der Waals surface area contributed by atoms with Crippen molar-refractivity contribution in [2.45, 2.75) is 58.0 Å². The zero-order valence-electron chi connectivity index (χ0n) is 13.4. The summed E-state index contributed by atoms with van der Waals surface area (Å²) in [5, 5.41) is 0. The van der Waals surface area contributed by atoms with Gasteiger partial charge in [-0.05, 0) is 27.2 Å². The molecule has 1 heterocycles. The van der Waals surface area contributed by atoms with Crippen LogP contribution in [0.25, 0.3) is 0 Å². The molecule has 4 nitrogen and oxygen atoms in total. The highest BCUT2D eigenvalue weighted by Gasteiger charge is 2.37. The second-order valence-corrected chi connectivity index (χ2v) is 9.82. The topological polar surface area (TPSA) is 32.8 Å². The monoisotopic (exact) mass is 286 g/mol. The largest absolute Gasteiger partial charge is 0.469 e. The summed E-state index contributed by atoms with van der Waals surface area (Å²) in [7, 11) is 0.627. The van der Waals surface area contributed by atoms with Crippen molar-refractivity contribution in [3.05, 3.63) is 0 Å². The maximum atomic E-state index is 11.4. The van der Waals surface area contributed by atoms with E-state index in [4.69, 9.17) is 4.74 Å².